The molecule has 0 saturated carbocycles. The molecule has 3 rings (SSSR count). The van der Waals surface area contributed by atoms with Gasteiger partial charge in [-0.3, -0.25) is 4.79 Å². The van der Waals surface area contributed by atoms with Gasteiger partial charge in [-0.1, -0.05) is 60.7 Å². The monoisotopic (exact) mass is 309 g/mol. The molecule has 1 atom stereocenters. The van der Waals surface area contributed by atoms with E-state index in [1.165, 1.54) is 5.56 Å². The van der Waals surface area contributed by atoms with Gasteiger partial charge in [0.25, 0.3) is 5.91 Å². The Balaban J connectivity index is 1.68. The predicted octanol–water partition coefficient (Wildman–Crippen LogP) is 3.44. The molecule has 1 saturated heterocycles. The van der Waals surface area contributed by atoms with Gasteiger partial charge in [0.15, 0.2) is 0 Å². The van der Waals surface area contributed by atoms with Gasteiger partial charge in [0, 0.05) is 19.7 Å². The van der Waals surface area contributed by atoms with Crippen molar-refractivity contribution in [3.63, 3.8) is 0 Å². The van der Waals surface area contributed by atoms with E-state index in [2.05, 4.69) is 24.3 Å². The summed E-state index contributed by atoms with van der Waals surface area (Å²) in [6.07, 6.45) is 2.44. The highest BCUT2D eigenvalue weighted by molar-refractivity contribution is 5.81. The van der Waals surface area contributed by atoms with Gasteiger partial charge >= 0.3 is 0 Å². The molecule has 3 nitrogen and oxygen atoms in total. The minimum absolute atomic E-state index is 0.127. The molecular formula is C20H23NO2. The van der Waals surface area contributed by atoms with E-state index in [9.17, 15) is 4.79 Å². The Kier molecular flexibility index (Phi) is 5.43. The van der Waals surface area contributed by atoms with E-state index in [0.29, 0.717) is 13.2 Å². The summed E-state index contributed by atoms with van der Waals surface area (Å²) in [5, 5.41) is 0. The lowest BCUT2D eigenvalue weighted by molar-refractivity contribution is -0.141. The van der Waals surface area contributed by atoms with E-state index in [1.54, 1.807) is 0 Å². The van der Waals surface area contributed by atoms with Crippen LogP contribution in [0.25, 0.3) is 0 Å². The van der Waals surface area contributed by atoms with Gasteiger partial charge in [0.2, 0.25) is 0 Å². The van der Waals surface area contributed by atoms with Crippen LogP contribution in [0.5, 0.6) is 0 Å². The maximum atomic E-state index is 12.8. The molecular weight excluding hydrogens is 286 g/mol. The van der Waals surface area contributed by atoms with Gasteiger partial charge in [0.05, 0.1) is 0 Å². The molecule has 0 aliphatic carbocycles. The van der Waals surface area contributed by atoms with E-state index >= 15 is 0 Å². The summed E-state index contributed by atoms with van der Waals surface area (Å²) >= 11 is 0. The zero-order valence-corrected chi connectivity index (χ0v) is 13.4. The lowest BCUT2D eigenvalue weighted by atomic mass is 10.1. The van der Waals surface area contributed by atoms with Crippen molar-refractivity contribution in [3.8, 4) is 0 Å². The fraction of sp³-hybridized carbons (Fsp3) is 0.350. The summed E-state index contributed by atoms with van der Waals surface area (Å²) in [4.78, 5) is 14.7. The number of benzene rings is 2. The van der Waals surface area contributed by atoms with Gasteiger partial charge < -0.3 is 9.64 Å². The number of amides is 1. The summed E-state index contributed by atoms with van der Waals surface area (Å²) in [7, 11) is 0. The van der Waals surface area contributed by atoms with Gasteiger partial charge in [-0.15, -0.1) is 0 Å². The first kappa shape index (κ1) is 15.8. The van der Waals surface area contributed by atoms with E-state index in [0.717, 1.165) is 31.4 Å². The highest BCUT2D eigenvalue weighted by atomic mass is 16.5. The van der Waals surface area contributed by atoms with Gasteiger partial charge in [-0.2, -0.15) is 0 Å². The zero-order chi connectivity index (χ0) is 15.9. The Hall–Kier alpha value is -2.13. The summed E-state index contributed by atoms with van der Waals surface area (Å²) in [5.41, 5.74) is 2.41. The Morgan fingerprint density at radius 1 is 1.00 bits per heavy atom. The molecule has 0 aromatic heterocycles. The number of hydrogen-bond acceptors (Lipinski definition) is 2. The molecule has 23 heavy (non-hydrogen) atoms. The molecule has 2 aromatic rings. The average Bonchev–Trinajstić information content (AvgIpc) is 3.14. The van der Waals surface area contributed by atoms with Gasteiger partial charge in [-0.05, 0) is 30.4 Å². The summed E-state index contributed by atoms with van der Waals surface area (Å²) in [6, 6.07) is 20.5. The first-order valence-corrected chi connectivity index (χ1v) is 8.31. The molecule has 1 aliphatic heterocycles. The van der Waals surface area contributed by atoms with Crippen molar-refractivity contribution in [2.75, 3.05) is 13.2 Å². The highest BCUT2D eigenvalue weighted by Gasteiger charge is 2.28. The van der Waals surface area contributed by atoms with Crippen LogP contribution < -0.4 is 0 Å². The molecule has 1 aliphatic rings. The summed E-state index contributed by atoms with van der Waals surface area (Å²) in [6.45, 7) is 2.07. The van der Waals surface area contributed by atoms with Crippen LogP contribution >= 0.6 is 0 Å². The fourth-order valence-corrected chi connectivity index (χ4v) is 2.96. The Bertz CT molecular complexity index is 606. The number of ether oxygens (including phenoxy) is 1. The fourth-order valence-electron chi connectivity index (χ4n) is 2.96. The van der Waals surface area contributed by atoms with Crippen LogP contribution in [0.4, 0.5) is 0 Å². The van der Waals surface area contributed by atoms with E-state index < -0.39 is 0 Å². The van der Waals surface area contributed by atoms with Crippen LogP contribution in [0.3, 0.4) is 0 Å². The minimum atomic E-state index is -0.255. The molecule has 120 valence electrons. The lowest BCUT2D eigenvalue weighted by Gasteiger charge is -2.25. The maximum absolute atomic E-state index is 12.8. The van der Waals surface area contributed by atoms with Crippen molar-refractivity contribution in [3.05, 3.63) is 71.8 Å². The number of carbonyl (C=O) groups is 1. The zero-order valence-electron chi connectivity index (χ0n) is 13.4. The number of hydrogen-bond donors (Lipinski definition) is 0. The molecule has 0 radical (unpaired) electrons. The third-order valence-electron chi connectivity index (χ3n) is 4.25. The number of nitrogens with zero attached hydrogens (tertiary/aromatic N) is 1. The van der Waals surface area contributed by atoms with E-state index in [1.807, 2.05) is 41.3 Å². The molecule has 1 heterocycles. The van der Waals surface area contributed by atoms with Crippen LogP contribution in [0, 0.1) is 0 Å². The second kappa shape index (κ2) is 7.93. The number of rotatable bonds is 6. The third kappa shape index (κ3) is 4.42. The predicted molar refractivity (Wildman–Crippen MR) is 91.0 cm³/mol. The van der Waals surface area contributed by atoms with Crippen molar-refractivity contribution in [1.82, 2.24) is 4.90 Å². The summed E-state index contributed by atoms with van der Waals surface area (Å²) < 4.78 is 5.59. The minimum Gasteiger partial charge on any atom is -0.368 e. The standard InChI is InChI=1S/C20H23NO2/c22-20(19-12-7-15-23-19)21(16-18-10-5-2-6-11-18)14-13-17-8-3-1-4-9-17/h1-6,8-11,19H,7,12-16H2/t19-/m1/s1. The molecule has 0 N–H and O–H groups in total. The Morgan fingerprint density at radius 2 is 1.65 bits per heavy atom. The molecule has 3 heteroatoms. The van der Waals surface area contributed by atoms with Crippen molar-refractivity contribution in [2.24, 2.45) is 0 Å². The SMILES string of the molecule is O=C([C@H]1CCCO1)N(CCc1ccccc1)Cc1ccccc1. The van der Waals surface area contributed by atoms with E-state index in [4.69, 9.17) is 4.74 Å². The molecule has 1 fully saturated rings. The van der Waals surface area contributed by atoms with Crippen molar-refractivity contribution in [1.29, 1.82) is 0 Å². The maximum Gasteiger partial charge on any atom is 0.252 e. The number of carbonyl (C=O) groups excluding carboxylic acids is 1. The summed E-state index contributed by atoms with van der Waals surface area (Å²) in [5.74, 6) is 0.127. The average molecular weight is 309 g/mol. The van der Waals surface area contributed by atoms with Crippen molar-refractivity contribution < 1.29 is 9.53 Å². The normalized spacial score (nSPS) is 17.1. The van der Waals surface area contributed by atoms with Crippen LogP contribution in [0.15, 0.2) is 60.7 Å². The van der Waals surface area contributed by atoms with Gasteiger partial charge in [-0.25, -0.2) is 0 Å². The molecule has 0 unspecified atom stereocenters. The third-order valence-corrected chi connectivity index (χ3v) is 4.25. The molecule has 0 spiro atoms. The largest absolute Gasteiger partial charge is 0.368 e. The molecule has 0 bridgehead atoms. The van der Waals surface area contributed by atoms with Gasteiger partial charge in [0.1, 0.15) is 6.10 Å². The molecule has 2 aromatic carbocycles. The van der Waals surface area contributed by atoms with Crippen molar-refractivity contribution in [2.45, 2.75) is 31.9 Å². The highest BCUT2D eigenvalue weighted by Crippen LogP contribution is 2.17. The second-order valence-corrected chi connectivity index (χ2v) is 5.98. The van der Waals surface area contributed by atoms with Crippen LogP contribution in [-0.4, -0.2) is 30.1 Å². The Labute approximate surface area is 137 Å². The van der Waals surface area contributed by atoms with E-state index in [-0.39, 0.29) is 12.0 Å². The molecule has 1 amide bonds. The van der Waals surface area contributed by atoms with Crippen molar-refractivity contribution >= 4 is 5.91 Å². The van der Waals surface area contributed by atoms with Crippen LogP contribution in [-0.2, 0) is 22.5 Å². The smallest absolute Gasteiger partial charge is 0.252 e. The first-order valence-electron chi connectivity index (χ1n) is 8.31. The lowest BCUT2D eigenvalue weighted by Crippen LogP contribution is -2.39. The quantitative estimate of drug-likeness (QED) is 0.818. The Morgan fingerprint density at radius 3 is 2.26 bits per heavy atom. The topological polar surface area (TPSA) is 29.5 Å². The second-order valence-electron chi connectivity index (χ2n) is 5.98. The first-order chi connectivity index (χ1) is 11.3. The van der Waals surface area contributed by atoms with Crippen LogP contribution in [0.1, 0.15) is 24.0 Å². The van der Waals surface area contributed by atoms with Crippen LogP contribution in [0.2, 0.25) is 0 Å².